The molecule has 1 unspecified atom stereocenters. The molecule has 0 radical (unpaired) electrons. The molecule has 0 aliphatic heterocycles. The van der Waals surface area contributed by atoms with Crippen LogP contribution in [-0.4, -0.2) is 14.2 Å². The van der Waals surface area contributed by atoms with Gasteiger partial charge in [-0.15, -0.1) is 0 Å². The molecule has 0 spiro atoms. The summed E-state index contributed by atoms with van der Waals surface area (Å²) in [6.45, 7) is 0. The SMILES string of the molecule is CNC(Cc1ccoc1)c1ccc(OC)c(F)c1. The lowest BCUT2D eigenvalue weighted by Crippen LogP contribution is -2.18. The molecule has 0 saturated heterocycles. The van der Waals surface area contributed by atoms with Gasteiger partial charge in [0.1, 0.15) is 0 Å². The van der Waals surface area contributed by atoms with Crippen molar-refractivity contribution in [3.05, 3.63) is 53.7 Å². The van der Waals surface area contributed by atoms with Crippen molar-refractivity contribution < 1.29 is 13.5 Å². The lowest BCUT2D eigenvalue weighted by molar-refractivity contribution is 0.385. The Morgan fingerprint density at radius 2 is 2.22 bits per heavy atom. The number of furan rings is 1. The topological polar surface area (TPSA) is 34.4 Å². The molecule has 1 aromatic carbocycles. The van der Waals surface area contributed by atoms with Crippen LogP contribution in [0.15, 0.2) is 41.2 Å². The van der Waals surface area contributed by atoms with E-state index < -0.39 is 0 Å². The van der Waals surface area contributed by atoms with E-state index in [2.05, 4.69) is 5.32 Å². The van der Waals surface area contributed by atoms with Crippen molar-refractivity contribution >= 4 is 0 Å². The molecule has 18 heavy (non-hydrogen) atoms. The van der Waals surface area contributed by atoms with E-state index in [4.69, 9.17) is 9.15 Å². The first kappa shape index (κ1) is 12.6. The summed E-state index contributed by atoms with van der Waals surface area (Å²) in [6.07, 6.45) is 4.08. The van der Waals surface area contributed by atoms with E-state index in [0.29, 0.717) is 0 Å². The van der Waals surface area contributed by atoms with Crippen LogP contribution < -0.4 is 10.1 Å². The zero-order valence-corrected chi connectivity index (χ0v) is 10.4. The fourth-order valence-corrected chi connectivity index (χ4v) is 1.93. The standard InChI is InChI=1S/C14H16FNO2/c1-16-13(7-10-5-6-18-9-10)11-3-4-14(17-2)12(15)8-11/h3-6,8-9,13,16H,7H2,1-2H3. The first-order valence-electron chi connectivity index (χ1n) is 5.76. The van der Waals surface area contributed by atoms with Crippen LogP contribution in [0.25, 0.3) is 0 Å². The summed E-state index contributed by atoms with van der Waals surface area (Å²) in [5, 5.41) is 3.17. The molecular weight excluding hydrogens is 233 g/mol. The molecule has 1 N–H and O–H groups in total. The predicted molar refractivity (Wildman–Crippen MR) is 67.2 cm³/mol. The monoisotopic (exact) mass is 249 g/mol. The third kappa shape index (κ3) is 2.71. The summed E-state index contributed by atoms with van der Waals surface area (Å²) >= 11 is 0. The van der Waals surface area contributed by atoms with Crippen molar-refractivity contribution in [1.82, 2.24) is 5.32 Å². The third-order valence-corrected chi connectivity index (χ3v) is 2.95. The molecule has 0 bridgehead atoms. The highest BCUT2D eigenvalue weighted by molar-refractivity contribution is 5.31. The molecule has 0 saturated carbocycles. The van der Waals surface area contributed by atoms with E-state index >= 15 is 0 Å². The summed E-state index contributed by atoms with van der Waals surface area (Å²) in [6, 6.07) is 6.96. The van der Waals surface area contributed by atoms with E-state index in [-0.39, 0.29) is 17.6 Å². The van der Waals surface area contributed by atoms with Gasteiger partial charge in [0.25, 0.3) is 0 Å². The molecule has 2 rings (SSSR count). The maximum Gasteiger partial charge on any atom is 0.165 e. The Morgan fingerprint density at radius 3 is 2.78 bits per heavy atom. The summed E-state index contributed by atoms with van der Waals surface area (Å²) in [5.41, 5.74) is 1.96. The molecule has 2 aromatic rings. The molecule has 4 heteroatoms. The van der Waals surface area contributed by atoms with Crippen molar-refractivity contribution in [2.45, 2.75) is 12.5 Å². The maximum absolute atomic E-state index is 13.7. The van der Waals surface area contributed by atoms with Crippen molar-refractivity contribution in [1.29, 1.82) is 0 Å². The Kier molecular flexibility index (Phi) is 3.99. The van der Waals surface area contributed by atoms with Crippen LogP contribution in [0.2, 0.25) is 0 Å². The maximum atomic E-state index is 13.7. The zero-order chi connectivity index (χ0) is 13.0. The summed E-state index contributed by atoms with van der Waals surface area (Å²) in [5.74, 6) is -0.0839. The minimum Gasteiger partial charge on any atom is -0.494 e. The highest BCUT2D eigenvalue weighted by Gasteiger charge is 2.13. The number of benzene rings is 1. The Hall–Kier alpha value is -1.81. The first-order chi connectivity index (χ1) is 8.74. The van der Waals surface area contributed by atoms with Gasteiger partial charge in [-0.2, -0.15) is 0 Å². The number of hydrogen-bond donors (Lipinski definition) is 1. The normalized spacial score (nSPS) is 12.4. The van der Waals surface area contributed by atoms with Gasteiger partial charge in [0, 0.05) is 6.04 Å². The number of nitrogens with one attached hydrogen (secondary N) is 1. The highest BCUT2D eigenvalue weighted by Crippen LogP contribution is 2.24. The van der Waals surface area contributed by atoms with Crippen molar-refractivity contribution in [2.24, 2.45) is 0 Å². The van der Waals surface area contributed by atoms with E-state index in [1.807, 2.05) is 19.2 Å². The number of hydrogen-bond acceptors (Lipinski definition) is 3. The second-order valence-electron chi connectivity index (χ2n) is 4.07. The molecule has 3 nitrogen and oxygen atoms in total. The fourth-order valence-electron chi connectivity index (χ4n) is 1.93. The van der Waals surface area contributed by atoms with Gasteiger partial charge >= 0.3 is 0 Å². The summed E-state index contributed by atoms with van der Waals surface area (Å²) in [4.78, 5) is 0. The smallest absolute Gasteiger partial charge is 0.165 e. The van der Waals surface area contributed by atoms with E-state index in [9.17, 15) is 4.39 Å². The summed E-state index contributed by atoms with van der Waals surface area (Å²) < 4.78 is 23.6. The van der Waals surface area contributed by atoms with Crippen molar-refractivity contribution in [2.75, 3.05) is 14.2 Å². The molecule has 1 atom stereocenters. The van der Waals surface area contributed by atoms with Gasteiger partial charge in [-0.1, -0.05) is 6.07 Å². The molecular formula is C14H16FNO2. The molecule has 0 aliphatic carbocycles. The lowest BCUT2D eigenvalue weighted by atomic mass is 10.0. The lowest BCUT2D eigenvalue weighted by Gasteiger charge is -2.16. The van der Waals surface area contributed by atoms with Crippen LogP contribution in [0.5, 0.6) is 5.75 Å². The van der Waals surface area contributed by atoms with E-state index in [1.54, 1.807) is 18.6 Å². The average molecular weight is 249 g/mol. The number of ether oxygens (including phenoxy) is 1. The third-order valence-electron chi connectivity index (χ3n) is 2.95. The van der Waals surface area contributed by atoms with Gasteiger partial charge in [-0.25, -0.2) is 4.39 Å². The highest BCUT2D eigenvalue weighted by atomic mass is 19.1. The van der Waals surface area contributed by atoms with Gasteiger partial charge in [-0.3, -0.25) is 0 Å². The van der Waals surface area contributed by atoms with Gasteiger partial charge in [0.2, 0.25) is 0 Å². The molecule has 1 heterocycles. The summed E-state index contributed by atoms with van der Waals surface area (Å²) in [7, 11) is 3.31. The van der Waals surface area contributed by atoms with Crippen LogP contribution in [0.4, 0.5) is 4.39 Å². The largest absolute Gasteiger partial charge is 0.494 e. The minimum atomic E-state index is -0.345. The molecule has 0 fully saturated rings. The van der Waals surface area contributed by atoms with Gasteiger partial charge in [0.15, 0.2) is 11.6 Å². The van der Waals surface area contributed by atoms with Crippen LogP contribution in [0.1, 0.15) is 17.2 Å². The van der Waals surface area contributed by atoms with Crippen LogP contribution in [0, 0.1) is 5.82 Å². The second-order valence-corrected chi connectivity index (χ2v) is 4.07. The van der Waals surface area contributed by atoms with Crippen LogP contribution in [0.3, 0.4) is 0 Å². The van der Waals surface area contributed by atoms with E-state index in [1.165, 1.54) is 13.2 Å². The molecule has 96 valence electrons. The van der Waals surface area contributed by atoms with Crippen LogP contribution in [-0.2, 0) is 6.42 Å². The molecule has 0 aliphatic rings. The average Bonchev–Trinajstić information content (AvgIpc) is 2.88. The zero-order valence-electron chi connectivity index (χ0n) is 10.4. The number of halogens is 1. The second kappa shape index (κ2) is 5.69. The Balaban J connectivity index is 2.19. The minimum absolute atomic E-state index is 0.0445. The van der Waals surface area contributed by atoms with E-state index in [0.717, 1.165) is 17.5 Å². The fraction of sp³-hybridized carbons (Fsp3) is 0.286. The van der Waals surface area contributed by atoms with Crippen LogP contribution >= 0.6 is 0 Å². The van der Waals surface area contributed by atoms with Gasteiger partial charge < -0.3 is 14.5 Å². The molecule has 0 amide bonds. The quantitative estimate of drug-likeness (QED) is 0.884. The molecule has 1 aromatic heterocycles. The first-order valence-corrected chi connectivity index (χ1v) is 5.76. The number of rotatable bonds is 5. The number of likely N-dealkylation sites (N-methyl/N-ethyl adjacent to an activating group) is 1. The van der Waals surface area contributed by atoms with Crippen molar-refractivity contribution in [3.8, 4) is 5.75 Å². The van der Waals surface area contributed by atoms with Gasteiger partial charge in [-0.05, 0) is 42.8 Å². The van der Waals surface area contributed by atoms with Gasteiger partial charge in [0.05, 0.1) is 19.6 Å². The van der Waals surface area contributed by atoms with Crippen molar-refractivity contribution in [3.63, 3.8) is 0 Å². The Bertz CT molecular complexity index is 497. The predicted octanol–water partition coefficient (Wildman–Crippen LogP) is 2.93. The number of methoxy groups -OCH3 is 1. The Morgan fingerprint density at radius 1 is 1.39 bits per heavy atom. The Labute approximate surface area is 106 Å².